The molecule has 4 N–H and O–H groups in total. The fourth-order valence-electron chi connectivity index (χ4n) is 2.22. The summed E-state index contributed by atoms with van der Waals surface area (Å²) in [6.07, 6.45) is 2.26. The molecule has 0 aliphatic heterocycles. The van der Waals surface area contributed by atoms with Gasteiger partial charge in [-0.25, -0.2) is 4.99 Å². The summed E-state index contributed by atoms with van der Waals surface area (Å²) >= 11 is 0. The van der Waals surface area contributed by atoms with Crippen molar-refractivity contribution in [2.45, 2.75) is 60.0 Å². The number of hydrogen-bond acceptors (Lipinski definition) is 2. The molecule has 0 fully saturated rings. The van der Waals surface area contributed by atoms with Gasteiger partial charge < -0.3 is 16.4 Å². The van der Waals surface area contributed by atoms with Gasteiger partial charge in [0.25, 0.3) is 0 Å². The zero-order valence-corrected chi connectivity index (χ0v) is 18.4. The third-order valence-electron chi connectivity index (χ3n) is 3.71. The lowest BCUT2D eigenvalue weighted by molar-refractivity contribution is 0.100. The van der Waals surface area contributed by atoms with E-state index in [1.54, 1.807) is 12.1 Å². The van der Waals surface area contributed by atoms with Crippen molar-refractivity contribution < 1.29 is 4.79 Å². The minimum Gasteiger partial charge on any atom is -0.366 e. The van der Waals surface area contributed by atoms with E-state index in [0.29, 0.717) is 23.6 Å². The monoisotopic (exact) mass is 460 g/mol. The number of benzene rings is 1. The molecule has 142 valence electrons. The highest BCUT2D eigenvalue weighted by Gasteiger charge is 2.13. The van der Waals surface area contributed by atoms with E-state index in [4.69, 9.17) is 5.73 Å². The maximum atomic E-state index is 11.1. The molecule has 1 atom stereocenters. The van der Waals surface area contributed by atoms with Gasteiger partial charge in [0, 0.05) is 18.2 Å². The molecule has 5 nitrogen and oxygen atoms in total. The summed E-state index contributed by atoms with van der Waals surface area (Å²) in [5.41, 5.74) is 7.15. The first-order valence-corrected chi connectivity index (χ1v) is 8.65. The highest BCUT2D eigenvalue weighted by Crippen LogP contribution is 2.21. The van der Waals surface area contributed by atoms with Crippen LogP contribution in [-0.2, 0) is 6.54 Å². The van der Waals surface area contributed by atoms with Gasteiger partial charge in [0.1, 0.15) is 0 Å². The number of carbonyl (C=O) groups excluding carboxylic acids is 1. The molecule has 25 heavy (non-hydrogen) atoms. The van der Waals surface area contributed by atoms with Crippen molar-refractivity contribution in [3.05, 3.63) is 35.4 Å². The molecule has 0 radical (unpaired) electrons. The van der Waals surface area contributed by atoms with Gasteiger partial charge in [-0.15, -0.1) is 24.0 Å². The Kier molecular flexibility index (Phi) is 10.7. The molecule has 0 bridgehead atoms. The van der Waals surface area contributed by atoms with Crippen molar-refractivity contribution in [2.24, 2.45) is 16.1 Å². The zero-order chi connectivity index (χ0) is 18.2. The van der Waals surface area contributed by atoms with Crippen molar-refractivity contribution in [1.82, 2.24) is 10.6 Å². The smallest absolute Gasteiger partial charge is 0.248 e. The number of aliphatic imine (C=N–C) groups is 1. The molecule has 0 heterocycles. The molecule has 0 aliphatic carbocycles. The van der Waals surface area contributed by atoms with E-state index in [1.165, 1.54) is 0 Å². The van der Waals surface area contributed by atoms with Gasteiger partial charge in [0.2, 0.25) is 5.91 Å². The first kappa shape index (κ1) is 23.7. The maximum Gasteiger partial charge on any atom is 0.248 e. The summed E-state index contributed by atoms with van der Waals surface area (Å²) in [5.74, 6) is 0.408. The summed E-state index contributed by atoms with van der Waals surface area (Å²) in [4.78, 5) is 15.7. The van der Waals surface area contributed by atoms with E-state index >= 15 is 0 Å². The molecule has 0 aromatic heterocycles. The number of guanidine groups is 1. The van der Waals surface area contributed by atoms with Crippen molar-refractivity contribution in [2.75, 3.05) is 6.54 Å². The molecule has 0 saturated carbocycles. The van der Waals surface area contributed by atoms with E-state index in [1.807, 2.05) is 12.1 Å². The van der Waals surface area contributed by atoms with Crippen LogP contribution in [0.4, 0.5) is 0 Å². The second kappa shape index (κ2) is 11.3. The Morgan fingerprint density at radius 1 is 1.24 bits per heavy atom. The predicted octanol–water partition coefficient (Wildman–Crippen LogP) is 3.67. The summed E-state index contributed by atoms with van der Waals surface area (Å²) in [5, 5.41) is 6.73. The van der Waals surface area contributed by atoms with E-state index in [-0.39, 0.29) is 24.0 Å². The van der Waals surface area contributed by atoms with Crippen molar-refractivity contribution in [3.8, 4) is 0 Å². The summed E-state index contributed by atoms with van der Waals surface area (Å²) < 4.78 is 0. The Balaban J connectivity index is 0.00000576. The number of carbonyl (C=O) groups is 1. The molecular formula is C19H33IN4O. The van der Waals surface area contributed by atoms with Crippen LogP contribution in [0.25, 0.3) is 0 Å². The quantitative estimate of drug-likeness (QED) is 0.330. The number of nitrogens with two attached hydrogens (primary N) is 1. The SMILES string of the molecule is CCNC(=NCc1ccc(C(N)=O)cc1)NC(C)CCC(C)(C)C.I. The van der Waals surface area contributed by atoms with E-state index in [0.717, 1.165) is 30.9 Å². The van der Waals surface area contributed by atoms with E-state index in [2.05, 4.69) is 50.2 Å². The predicted molar refractivity (Wildman–Crippen MR) is 116 cm³/mol. The number of nitrogens with one attached hydrogen (secondary N) is 2. The van der Waals surface area contributed by atoms with Gasteiger partial charge in [0.05, 0.1) is 6.54 Å². The fraction of sp³-hybridized carbons (Fsp3) is 0.579. The number of amides is 1. The highest BCUT2D eigenvalue weighted by molar-refractivity contribution is 14.0. The molecule has 0 saturated heterocycles. The molecule has 1 amide bonds. The number of hydrogen-bond donors (Lipinski definition) is 3. The maximum absolute atomic E-state index is 11.1. The minimum absolute atomic E-state index is 0. The lowest BCUT2D eigenvalue weighted by Crippen LogP contribution is -2.42. The largest absolute Gasteiger partial charge is 0.366 e. The number of primary amides is 1. The Bertz CT molecular complexity index is 550. The second-order valence-electron chi connectivity index (χ2n) is 7.40. The third kappa shape index (κ3) is 10.3. The van der Waals surface area contributed by atoms with Crippen LogP contribution in [0.1, 0.15) is 63.4 Å². The van der Waals surface area contributed by atoms with Crippen molar-refractivity contribution in [3.63, 3.8) is 0 Å². The third-order valence-corrected chi connectivity index (χ3v) is 3.71. The Labute approximate surface area is 169 Å². The zero-order valence-electron chi connectivity index (χ0n) is 16.1. The first-order chi connectivity index (χ1) is 11.2. The first-order valence-electron chi connectivity index (χ1n) is 8.65. The van der Waals surface area contributed by atoms with Crippen LogP contribution < -0.4 is 16.4 Å². The average Bonchev–Trinajstić information content (AvgIpc) is 2.50. The molecule has 0 aliphatic rings. The molecule has 1 aromatic carbocycles. The number of halogens is 1. The Morgan fingerprint density at radius 3 is 2.32 bits per heavy atom. The van der Waals surface area contributed by atoms with Crippen LogP contribution in [0.2, 0.25) is 0 Å². The summed E-state index contributed by atoms with van der Waals surface area (Å²) in [6, 6.07) is 7.60. The standard InChI is InChI=1S/C19H32N4O.HI/c1-6-21-18(23-14(2)11-12-19(3,4)5)22-13-15-7-9-16(10-8-15)17(20)24;/h7-10,14H,6,11-13H2,1-5H3,(H2,20,24)(H2,21,22,23);1H. The summed E-state index contributed by atoms with van der Waals surface area (Å²) in [6.45, 7) is 12.4. The summed E-state index contributed by atoms with van der Waals surface area (Å²) in [7, 11) is 0. The van der Waals surface area contributed by atoms with Gasteiger partial charge in [-0.1, -0.05) is 32.9 Å². The molecule has 0 spiro atoms. The average molecular weight is 460 g/mol. The Morgan fingerprint density at radius 2 is 1.84 bits per heavy atom. The fourth-order valence-corrected chi connectivity index (χ4v) is 2.22. The second-order valence-corrected chi connectivity index (χ2v) is 7.40. The number of nitrogens with zero attached hydrogens (tertiary/aromatic N) is 1. The topological polar surface area (TPSA) is 79.5 Å². The molecular weight excluding hydrogens is 427 g/mol. The van der Waals surface area contributed by atoms with Crippen LogP contribution >= 0.6 is 24.0 Å². The van der Waals surface area contributed by atoms with Crippen LogP contribution in [-0.4, -0.2) is 24.5 Å². The van der Waals surface area contributed by atoms with Crippen LogP contribution in [0, 0.1) is 5.41 Å². The molecule has 1 rings (SSSR count). The number of rotatable bonds is 7. The molecule has 1 aromatic rings. The van der Waals surface area contributed by atoms with Gasteiger partial charge in [-0.2, -0.15) is 0 Å². The lowest BCUT2D eigenvalue weighted by Gasteiger charge is -2.23. The molecule has 6 heteroatoms. The van der Waals surface area contributed by atoms with Gasteiger partial charge in [-0.3, -0.25) is 4.79 Å². The van der Waals surface area contributed by atoms with Crippen LogP contribution in [0.3, 0.4) is 0 Å². The molecule has 1 unspecified atom stereocenters. The highest BCUT2D eigenvalue weighted by atomic mass is 127. The van der Waals surface area contributed by atoms with Crippen LogP contribution in [0.15, 0.2) is 29.3 Å². The lowest BCUT2D eigenvalue weighted by atomic mass is 9.89. The van der Waals surface area contributed by atoms with Gasteiger partial charge in [-0.05, 0) is 49.8 Å². The van der Waals surface area contributed by atoms with E-state index in [9.17, 15) is 4.79 Å². The normalized spacial score (nSPS) is 12.9. The van der Waals surface area contributed by atoms with Gasteiger partial charge in [0.15, 0.2) is 5.96 Å². The minimum atomic E-state index is -0.410. The van der Waals surface area contributed by atoms with E-state index < -0.39 is 5.91 Å². The Hall–Kier alpha value is -1.31. The van der Waals surface area contributed by atoms with Gasteiger partial charge >= 0.3 is 0 Å². The van der Waals surface area contributed by atoms with Crippen LogP contribution in [0.5, 0.6) is 0 Å². The van der Waals surface area contributed by atoms with Crippen molar-refractivity contribution >= 4 is 35.8 Å². The van der Waals surface area contributed by atoms with Crippen molar-refractivity contribution in [1.29, 1.82) is 0 Å².